The second-order valence-electron chi connectivity index (χ2n) is 0. The van der Waals surface area contributed by atoms with Gasteiger partial charge in [-0.05, 0) is 0 Å². The maximum Gasteiger partial charge on any atom is -0.0776 e. The molecule has 0 rings (SSSR count). The number of hydrogen-bond donors (Lipinski definition) is 0. The Hall–Kier alpha value is 2.32. The van der Waals surface area contributed by atoms with Gasteiger partial charge in [0.25, 0.3) is 0 Å². The molecule has 0 bridgehead atoms. The summed E-state index contributed by atoms with van der Waals surface area (Å²) in [4.78, 5) is 0. The lowest BCUT2D eigenvalue weighted by molar-refractivity contribution is 2.50. The van der Waals surface area contributed by atoms with E-state index < -0.39 is 0 Å². The lowest BCUT2D eigenvalue weighted by atomic mass is 12.0. The van der Waals surface area contributed by atoms with Crippen LogP contribution < -0.4 is 0 Å². The summed E-state index contributed by atoms with van der Waals surface area (Å²) in [6, 6.07) is 0. The van der Waals surface area contributed by atoms with E-state index in [1.807, 2.05) is 0 Å². The fourth-order valence-corrected chi connectivity index (χ4v) is 0. The smallest absolute Gasteiger partial charge is 0.0776 e. The summed E-state index contributed by atoms with van der Waals surface area (Å²) in [5, 5.41) is 0. The van der Waals surface area contributed by atoms with Gasteiger partial charge < -0.3 is 0 Å². The van der Waals surface area contributed by atoms with Crippen LogP contribution in [-0.2, 0) is 0 Å². The normalized spacial score (nSPS) is 0. The SMILES string of the molecule is C.Cl.Cl.Cl.Cl.Cl.Cl.Cl.Cl. The molecule has 0 aliphatic carbocycles. The highest BCUT2D eigenvalue weighted by molar-refractivity contribution is 5.86. The van der Waals surface area contributed by atoms with Crippen LogP contribution in [0.5, 0.6) is 0 Å². The minimum Gasteiger partial charge on any atom is -0.147 e. The van der Waals surface area contributed by atoms with Crippen LogP contribution in [0, 0.1) is 0 Å². The summed E-state index contributed by atoms with van der Waals surface area (Å²) in [7, 11) is 0. The highest BCUT2D eigenvalue weighted by Gasteiger charge is -0.0774. The monoisotopic (exact) mass is 304 g/mol. The Morgan fingerprint density at radius 3 is 0.222 bits per heavy atom. The Morgan fingerprint density at radius 1 is 0.222 bits per heavy atom. The molecule has 0 radical (unpaired) electrons. The van der Waals surface area contributed by atoms with Crippen molar-refractivity contribution < 1.29 is 0 Å². The first-order chi connectivity index (χ1) is 0. The van der Waals surface area contributed by atoms with Gasteiger partial charge in [-0.25, -0.2) is 0 Å². The van der Waals surface area contributed by atoms with Crippen LogP contribution in [0.15, 0.2) is 0 Å². The minimum atomic E-state index is 0. The molecular weight excluding hydrogens is 296 g/mol. The second-order valence-corrected chi connectivity index (χ2v) is 0. The van der Waals surface area contributed by atoms with Gasteiger partial charge in [-0.3, -0.25) is 0 Å². The molecule has 9 heavy (non-hydrogen) atoms. The first-order valence-corrected chi connectivity index (χ1v) is 0. The molecule has 0 aromatic heterocycles. The van der Waals surface area contributed by atoms with Gasteiger partial charge in [0, 0.05) is 0 Å². The van der Waals surface area contributed by atoms with E-state index in [-0.39, 0.29) is 107 Å². The van der Waals surface area contributed by atoms with Crippen molar-refractivity contribution in [3.05, 3.63) is 0 Å². The maximum absolute atomic E-state index is 0. The molecule has 0 saturated carbocycles. The summed E-state index contributed by atoms with van der Waals surface area (Å²) in [5.74, 6) is 0. The van der Waals surface area contributed by atoms with Crippen molar-refractivity contribution >= 4 is 99.3 Å². The van der Waals surface area contributed by atoms with Crippen molar-refractivity contribution in [3.8, 4) is 0 Å². The van der Waals surface area contributed by atoms with E-state index >= 15 is 0 Å². The first-order valence-electron chi connectivity index (χ1n) is 0. The van der Waals surface area contributed by atoms with Crippen molar-refractivity contribution in [1.29, 1.82) is 0 Å². The largest absolute Gasteiger partial charge is 0.147 e. The molecule has 0 spiro atoms. The van der Waals surface area contributed by atoms with E-state index in [9.17, 15) is 0 Å². The molecule has 0 heterocycles. The average molecular weight is 308 g/mol. The average Bonchev–Trinajstić information content (AvgIpc) is 0. The van der Waals surface area contributed by atoms with Gasteiger partial charge in [0.15, 0.2) is 0 Å². The molecule has 0 nitrogen and oxygen atoms in total. The highest BCUT2D eigenvalue weighted by Crippen LogP contribution is 0.697. The molecule has 8 heteroatoms. The zero-order chi connectivity index (χ0) is 0. The topological polar surface area (TPSA) is 0 Å². The summed E-state index contributed by atoms with van der Waals surface area (Å²) in [6.07, 6.45) is 0. The van der Waals surface area contributed by atoms with Gasteiger partial charge in [0.1, 0.15) is 0 Å². The third kappa shape index (κ3) is 133. The minimum absolute atomic E-state index is 0. The molecule has 0 N–H and O–H groups in total. The Morgan fingerprint density at radius 2 is 0.222 bits per heavy atom. The molecule has 72 valence electrons. The zero-order valence-electron chi connectivity index (χ0n) is 3.27. The fraction of sp³-hybridized carbons (Fsp3) is 1.00. The van der Waals surface area contributed by atoms with Crippen LogP contribution in [0.4, 0.5) is 0 Å². The van der Waals surface area contributed by atoms with E-state index in [1.54, 1.807) is 0 Å². The molecule has 0 atom stereocenters. The number of halogens is 8. The lowest BCUT2D eigenvalue weighted by Gasteiger charge is -0.148. The van der Waals surface area contributed by atoms with Crippen LogP contribution in [0.3, 0.4) is 0 Å². The van der Waals surface area contributed by atoms with Crippen molar-refractivity contribution in [2.75, 3.05) is 0 Å². The quantitative estimate of drug-likeness (QED) is 0.634. The van der Waals surface area contributed by atoms with Crippen molar-refractivity contribution in [1.82, 2.24) is 0 Å². The van der Waals surface area contributed by atoms with Gasteiger partial charge >= 0.3 is 0 Å². The Labute approximate surface area is 106 Å². The molecule has 0 aliphatic rings. The van der Waals surface area contributed by atoms with Crippen molar-refractivity contribution in [3.63, 3.8) is 0 Å². The molecule has 0 saturated heterocycles. The molecule has 0 amide bonds. The standard InChI is InChI=1S/CH4.8ClH/h1H4;8*1H. The maximum atomic E-state index is 0. The van der Waals surface area contributed by atoms with Crippen molar-refractivity contribution in [2.24, 2.45) is 0 Å². The van der Waals surface area contributed by atoms with Gasteiger partial charge in [0.05, 0.1) is 0 Å². The molecule has 0 fully saturated rings. The van der Waals surface area contributed by atoms with Crippen LogP contribution in [0.1, 0.15) is 7.43 Å². The Bertz CT molecular complexity index is 4.53. The summed E-state index contributed by atoms with van der Waals surface area (Å²) < 4.78 is 0. The lowest BCUT2D eigenvalue weighted by Crippen LogP contribution is 0.144. The van der Waals surface area contributed by atoms with E-state index in [2.05, 4.69) is 0 Å². The van der Waals surface area contributed by atoms with E-state index in [0.717, 1.165) is 0 Å². The number of hydrogen-bond acceptors (Lipinski definition) is 0. The Balaban J connectivity index is 0. The van der Waals surface area contributed by atoms with Crippen LogP contribution >= 0.6 is 99.3 Å². The summed E-state index contributed by atoms with van der Waals surface area (Å²) in [6.45, 7) is 0. The Kier molecular flexibility index (Phi) is 4140. The van der Waals surface area contributed by atoms with Crippen LogP contribution in [0.25, 0.3) is 0 Å². The molecule has 0 aromatic carbocycles. The third-order valence-electron chi connectivity index (χ3n) is 0. The predicted octanol–water partition coefficient (Wildman–Crippen LogP) is 4.01. The van der Waals surface area contributed by atoms with E-state index in [4.69, 9.17) is 0 Å². The molecular formula is CH12Cl8. The van der Waals surface area contributed by atoms with Crippen molar-refractivity contribution in [2.45, 2.75) is 7.43 Å². The van der Waals surface area contributed by atoms with Gasteiger partial charge in [-0.15, -0.1) is 99.3 Å². The summed E-state index contributed by atoms with van der Waals surface area (Å²) in [5.41, 5.74) is 0. The van der Waals surface area contributed by atoms with E-state index in [0.29, 0.717) is 0 Å². The van der Waals surface area contributed by atoms with Gasteiger partial charge in [-0.2, -0.15) is 0 Å². The van der Waals surface area contributed by atoms with Crippen LogP contribution in [-0.4, -0.2) is 0 Å². The number of rotatable bonds is 0. The fourth-order valence-electron chi connectivity index (χ4n) is 0. The molecule has 0 aliphatic heterocycles. The molecule has 0 unspecified atom stereocenters. The third-order valence-corrected chi connectivity index (χ3v) is 0. The zero-order valence-corrected chi connectivity index (χ0v) is 9.80. The van der Waals surface area contributed by atoms with Gasteiger partial charge in [0.2, 0.25) is 0 Å². The predicted molar refractivity (Wildman–Crippen MR) is 64.7 cm³/mol. The highest BCUT2D eigenvalue weighted by atomic mass is 35.5. The van der Waals surface area contributed by atoms with E-state index in [1.165, 1.54) is 0 Å². The molecule has 0 aromatic rings. The first kappa shape index (κ1) is 224. The second kappa shape index (κ2) is 167. The van der Waals surface area contributed by atoms with Crippen LogP contribution in [0.2, 0.25) is 0 Å². The summed E-state index contributed by atoms with van der Waals surface area (Å²) >= 11 is 0. The van der Waals surface area contributed by atoms with Gasteiger partial charge in [-0.1, -0.05) is 7.43 Å².